The van der Waals surface area contributed by atoms with Crippen LogP contribution in [0.25, 0.3) is 0 Å². The highest BCUT2D eigenvalue weighted by molar-refractivity contribution is 5.98. The molecule has 2 fully saturated rings. The van der Waals surface area contributed by atoms with Gasteiger partial charge in [-0.05, 0) is 18.6 Å². The van der Waals surface area contributed by atoms with Crippen LogP contribution >= 0.6 is 0 Å². The summed E-state index contributed by atoms with van der Waals surface area (Å²) in [6.45, 7) is 0.737. The zero-order chi connectivity index (χ0) is 18.4. The number of hydrogen-bond acceptors (Lipinski definition) is 3. The molecule has 0 bridgehead atoms. The van der Waals surface area contributed by atoms with E-state index in [-0.39, 0.29) is 23.9 Å². The van der Waals surface area contributed by atoms with Crippen LogP contribution in [0, 0.1) is 17.6 Å². The summed E-state index contributed by atoms with van der Waals surface area (Å²) < 4.78 is 29.4. The first-order valence-electron chi connectivity index (χ1n) is 8.47. The maximum atomic E-state index is 13.9. The Morgan fingerprint density at radius 2 is 1.96 bits per heavy atom. The molecule has 0 N–H and O–H groups in total. The van der Waals surface area contributed by atoms with E-state index in [1.54, 1.807) is 29.0 Å². The van der Waals surface area contributed by atoms with Crippen molar-refractivity contribution in [2.75, 3.05) is 24.5 Å². The Morgan fingerprint density at radius 3 is 2.58 bits per heavy atom. The van der Waals surface area contributed by atoms with Gasteiger partial charge in [0.2, 0.25) is 11.8 Å². The molecule has 1 aliphatic heterocycles. The highest BCUT2D eigenvalue weighted by Gasteiger charge is 2.49. The van der Waals surface area contributed by atoms with E-state index in [0.717, 1.165) is 0 Å². The van der Waals surface area contributed by atoms with Crippen LogP contribution in [0.15, 0.2) is 30.6 Å². The third-order valence-corrected chi connectivity index (χ3v) is 5.01. The van der Waals surface area contributed by atoms with Crippen LogP contribution in [0.5, 0.6) is 0 Å². The number of amides is 2. The third kappa shape index (κ3) is 2.85. The molecule has 2 amide bonds. The van der Waals surface area contributed by atoms with Crippen LogP contribution in [-0.2, 0) is 16.6 Å². The Kier molecular flexibility index (Phi) is 3.97. The number of aromatic nitrogens is 2. The van der Waals surface area contributed by atoms with E-state index in [2.05, 4.69) is 5.10 Å². The minimum Gasteiger partial charge on any atom is -0.331 e. The van der Waals surface area contributed by atoms with Gasteiger partial charge in [-0.15, -0.1) is 0 Å². The topological polar surface area (TPSA) is 58.4 Å². The lowest BCUT2D eigenvalue weighted by Crippen LogP contribution is -2.52. The summed E-state index contributed by atoms with van der Waals surface area (Å²) in [7, 11) is 1.77. The Balaban J connectivity index is 1.42. The Bertz CT molecular complexity index is 862. The van der Waals surface area contributed by atoms with Crippen LogP contribution < -0.4 is 4.90 Å². The fourth-order valence-corrected chi connectivity index (χ4v) is 3.57. The van der Waals surface area contributed by atoms with Crippen LogP contribution in [0.1, 0.15) is 17.9 Å². The lowest BCUT2D eigenvalue weighted by molar-refractivity contribution is -0.138. The number of anilines is 1. The molecule has 4 rings (SSSR count). The summed E-state index contributed by atoms with van der Waals surface area (Å²) >= 11 is 0. The van der Waals surface area contributed by atoms with Gasteiger partial charge >= 0.3 is 0 Å². The number of nitrogens with zero attached hydrogens (tertiary/aromatic N) is 4. The predicted molar refractivity (Wildman–Crippen MR) is 89.3 cm³/mol. The lowest BCUT2D eigenvalue weighted by atomic mass is 10.1. The van der Waals surface area contributed by atoms with Gasteiger partial charge in [-0.2, -0.15) is 5.10 Å². The molecule has 6 nitrogen and oxygen atoms in total. The molecule has 2 aromatic rings. The first-order chi connectivity index (χ1) is 12.5. The monoisotopic (exact) mass is 360 g/mol. The molecule has 2 unspecified atom stereocenters. The van der Waals surface area contributed by atoms with E-state index < -0.39 is 23.5 Å². The minimum atomic E-state index is -0.622. The van der Waals surface area contributed by atoms with Crippen molar-refractivity contribution >= 4 is 17.5 Å². The zero-order valence-corrected chi connectivity index (χ0v) is 14.2. The minimum absolute atomic E-state index is 0.0221. The molecule has 136 valence electrons. The second kappa shape index (κ2) is 6.19. The molecule has 1 aliphatic carbocycles. The lowest BCUT2D eigenvalue weighted by Gasteiger charge is -2.33. The van der Waals surface area contributed by atoms with E-state index in [4.69, 9.17) is 0 Å². The fourth-order valence-electron chi connectivity index (χ4n) is 3.57. The molecule has 26 heavy (non-hydrogen) atoms. The molecule has 0 spiro atoms. The van der Waals surface area contributed by atoms with E-state index in [1.807, 2.05) is 0 Å². The zero-order valence-electron chi connectivity index (χ0n) is 14.2. The van der Waals surface area contributed by atoms with Gasteiger partial charge in [-0.3, -0.25) is 14.3 Å². The SMILES string of the molecule is Cn1cc(N2CCN(C(=O)C3CC3c3c(F)cccc3F)CC2=O)cn1. The average molecular weight is 360 g/mol. The average Bonchev–Trinajstić information content (AvgIpc) is 3.26. The van der Waals surface area contributed by atoms with Gasteiger partial charge in [-0.25, -0.2) is 8.78 Å². The van der Waals surface area contributed by atoms with Crippen molar-refractivity contribution in [3.8, 4) is 0 Å². The summed E-state index contributed by atoms with van der Waals surface area (Å²) in [4.78, 5) is 28.1. The van der Waals surface area contributed by atoms with Crippen molar-refractivity contribution in [1.82, 2.24) is 14.7 Å². The van der Waals surface area contributed by atoms with Crippen molar-refractivity contribution in [3.63, 3.8) is 0 Å². The number of halogens is 2. The fraction of sp³-hybridized carbons (Fsp3) is 0.389. The number of rotatable bonds is 3. The number of hydrogen-bond donors (Lipinski definition) is 0. The Morgan fingerprint density at radius 1 is 1.23 bits per heavy atom. The molecular formula is C18H18F2N4O2. The van der Waals surface area contributed by atoms with Crippen LogP contribution in [0.4, 0.5) is 14.5 Å². The quantitative estimate of drug-likeness (QED) is 0.837. The highest BCUT2D eigenvalue weighted by atomic mass is 19.1. The van der Waals surface area contributed by atoms with Crippen LogP contribution in [-0.4, -0.2) is 46.1 Å². The number of piperazine rings is 1. The molecule has 1 aromatic heterocycles. The first kappa shape index (κ1) is 16.7. The van der Waals surface area contributed by atoms with E-state index in [9.17, 15) is 18.4 Å². The van der Waals surface area contributed by atoms with Crippen molar-refractivity contribution in [3.05, 3.63) is 47.8 Å². The van der Waals surface area contributed by atoms with Gasteiger partial charge in [0.05, 0.1) is 11.9 Å². The number of carbonyl (C=O) groups excluding carboxylic acids is 2. The van der Waals surface area contributed by atoms with E-state index >= 15 is 0 Å². The van der Waals surface area contributed by atoms with Gasteiger partial charge in [-0.1, -0.05) is 6.07 Å². The van der Waals surface area contributed by atoms with Crippen molar-refractivity contribution < 1.29 is 18.4 Å². The van der Waals surface area contributed by atoms with Crippen LogP contribution in [0.3, 0.4) is 0 Å². The maximum absolute atomic E-state index is 13.9. The molecule has 8 heteroatoms. The van der Waals surface area contributed by atoms with Crippen molar-refractivity contribution in [2.45, 2.75) is 12.3 Å². The van der Waals surface area contributed by atoms with Gasteiger partial charge in [0, 0.05) is 43.7 Å². The van der Waals surface area contributed by atoms with E-state index in [1.165, 1.54) is 23.1 Å². The third-order valence-electron chi connectivity index (χ3n) is 5.01. The smallest absolute Gasteiger partial charge is 0.246 e. The predicted octanol–water partition coefficient (Wildman–Crippen LogP) is 1.68. The molecule has 2 heterocycles. The first-order valence-corrected chi connectivity index (χ1v) is 8.47. The Hall–Kier alpha value is -2.77. The Labute approximate surface area is 149 Å². The number of benzene rings is 1. The summed E-state index contributed by atoms with van der Waals surface area (Å²) in [6.07, 6.45) is 3.76. The summed E-state index contributed by atoms with van der Waals surface area (Å²) in [5.74, 6) is -2.55. The summed E-state index contributed by atoms with van der Waals surface area (Å²) in [5, 5.41) is 4.05. The number of carbonyl (C=O) groups is 2. The molecule has 1 aromatic carbocycles. The van der Waals surface area contributed by atoms with Gasteiger partial charge in [0.15, 0.2) is 0 Å². The summed E-state index contributed by atoms with van der Waals surface area (Å²) in [5.41, 5.74) is 0.675. The van der Waals surface area contributed by atoms with Crippen molar-refractivity contribution in [2.24, 2.45) is 13.0 Å². The normalized spacial score (nSPS) is 22.7. The second-order valence-electron chi connectivity index (χ2n) is 6.76. The molecule has 1 saturated heterocycles. The van der Waals surface area contributed by atoms with Crippen molar-refractivity contribution in [1.29, 1.82) is 0 Å². The molecule has 1 saturated carbocycles. The van der Waals surface area contributed by atoms with Crippen LogP contribution in [0.2, 0.25) is 0 Å². The molecular weight excluding hydrogens is 342 g/mol. The maximum Gasteiger partial charge on any atom is 0.246 e. The largest absolute Gasteiger partial charge is 0.331 e. The molecule has 2 atom stereocenters. The highest BCUT2D eigenvalue weighted by Crippen LogP contribution is 2.50. The number of aryl methyl sites for hydroxylation is 1. The van der Waals surface area contributed by atoms with Gasteiger partial charge in [0.25, 0.3) is 0 Å². The van der Waals surface area contributed by atoms with Gasteiger partial charge < -0.3 is 9.80 Å². The molecule has 2 aliphatic rings. The second-order valence-corrected chi connectivity index (χ2v) is 6.76. The molecule has 0 radical (unpaired) electrons. The van der Waals surface area contributed by atoms with E-state index in [0.29, 0.717) is 25.2 Å². The standard InChI is InChI=1S/C18H18F2N4O2/c1-22-9-11(8-21-22)24-6-5-23(10-16(24)25)18(26)13-7-12(13)17-14(19)3-2-4-15(17)20/h2-4,8-9,12-13H,5-7,10H2,1H3. The summed E-state index contributed by atoms with van der Waals surface area (Å²) in [6, 6.07) is 3.71. The van der Waals surface area contributed by atoms with Gasteiger partial charge in [0.1, 0.15) is 18.2 Å².